The number of hydrogen-bond acceptors (Lipinski definition) is 5. The number of benzene rings is 1. The second-order valence-electron chi connectivity index (χ2n) is 9.78. The standard InChI is InChI=1S/C26H34N4O3.ClH/c1-15-8-10-18(11-9-15)22-19(13-27)21(12-26(4,5)6)28-17(3)20(22)14-33-24-16(2)23(25(31)32)30(7)29-24;/h8-11H,12-14,27H2,1-7H3,(H,31,32);1H. The molecule has 0 saturated carbocycles. The Labute approximate surface area is 207 Å². The van der Waals surface area contributed by atoms with Gasteiger partial charge in [0.05, 0.1) is 0 Å². The van der Waals surface area contributed by atoms with Crippen molar-refractivity contribution in [1.82, 2.24) is 14.8 Å². The number of halogens is 1. The van der Waals surface area contributed by atoms with Crippen LogP contribution in [0.2, 0.25) is 0 Å². The molecule has 0 aliphatic carbocycles. The maximum absolute atomic E-state index is 11.5. The van der Waals surface area contributed by atoms with Gasteiger partial charge in [0.2, 0.25) is 5.88 Å². The van der Waals surface area contributed by atoms with Gasteiger partial charge in [-0.25, -0.2) is 4.79 Å². The maximum atomic E-state index is 11.5. The van der Waals surface area contributed by atoms with Gasteiger partial charge in [-0.05, 0) is 49.3 Å². The van der Waals surface area contributed by atoms with Crippen molar-refractivity contribution in [3.63, 3.8) is 0 Å². The number of hydrogen-bond donors (Lipinski definition) is 2. The molecule has 7 nitrogen and oxygen atoms in total. The molecule has 0 bridgehead atoms. The summed E-state index contributed by atoms with van der Waals surface area (Å²) in [5, 5.41) is 13.7. The molecule has 0 saturated heterocycles. The highest BCUT2D eigenvalue weighted by Gasteiger charge is 2.24. The van der Waals surface area contributed by atoms with E-state index in [1.807, 2.05) is 6.92 Å². The number of nitrogens with zero attached hydrogens (tertiary/aromatic N) is 3. The van der Waals surface area contributed by atoms with E-state index >= 15 is 0 Å². The van der Waals surface area contributed by atoms with Crippen molar-refractivity contribution in [2.45, 2.75) is 61.1 Å². The van der Waals surface area contributed by atoms with Crippen molar-refractivity contribution >= 4 is 18.4 Å². The number of carboxylic acid groups (broad SMARTS) is 1. The molecule has 0 radical (unpaired) electrons. The summed E-state index contributed by atoms with van der Waals surface area (Å²) >= 11 is 0. The molecule has 3 N–H and O–H groups in total. The lowest BCUT2D eigenvalue weighted by molar-refractivity contribution is 0.0684. The molecule has 34 heavy (non-hydrogen) atoms. The Balaban J connectivity index is 0.00000408. The first-order valence-corrected chi connectivity index (χ1v) is 11.1. The monoisotopic (exact) mass is 486 g/mol. The van der Waals surface area contributed by atoms with Crippen LogP contribution in [-0.2, 0) is 26.6 Å². The van der Waals surface area contributed by atoms with Gasteiger partial charge in [0.15, 0.2) is 5.69 Å². The lowest BCUT2D eigenvalue weighted by Crippen LogP contribution is -2.18. The van der Waals surface area contributed by atoms with E-state index < -0.39 is 5.97 Å². The summed E-state index contributed by atoms with van der Waals surface area (Å²) in [4.78, 5) is 16.5. The average molecular weight is 487 g/mol. The SMILES string of the molecule is Cc1ccc(-c2c(COc3nn(C)c(C(=O)O)c3C)c(C)nc(CC(C)(C)C)c2CN)cc1.Cl. The van der Waals surface area contributed by atoms with Crippen LogP contribution in [0.4, 0.5) is 0 Å². The van der Waals surface area contributed by atoms with E-state index in [9.17, 15) is 9.90 Å². The zero-order valence-electron chi connectivity index (χ0n) is 21.0. The molecular weight excluding hydrogens is 452 g/mol. The second kappa shape index (κ2) is 10.6. The molecule has 8 heteroatoms. The average Bonchev–Trinajstić information content (AvgIpc) is 2.99. The van der Waals surface area contributed by atoms with Crippen LogP contribution in [0.15, 0.2) is 24.3 Å². The van der Waals surface area contributed by atoms with Crippen molar-refractivity contribution in [3.8, 4) is 17.0 Å². The van der Waals surface area contributed by atoms with Crippen LogP contribution in [0.1, 0.15) is 64.9 Å². The Hall–Kier alpha value is -2.90. The summed E-state index contributed by atoms with van der Waals surface area (Å²) in [6.07, 6.45) is 0.807. The molecule has 0 unspecified atom stereocenters. The Kier molecular flexibility index (Phi) is 8.50. The first-order valence-electron chi connectivity index (χ1n) is 11.1. The van der Waals surface area contributed by atoms with Crippen molar-refractivity contribution < 1.29 is 14.6 Å². The lowest BCUT2D eigenvalue weighted by Gasteiger charge is -2.24. The number of carboxylic acids is 1. The fraction of sp³-hybridized carbons (Fsp3) is 0.423. The molecule has 0 aliphatic rings. The van der Waals surface area contributed by atoms with Gasteiger partial charge in [0.25, 0.3) is 0 Å². The van der Waals surface area contributed by atoms with E-state index in [1.165, 1.54) is 10.2 Å². The number of carbonyl (C=O) groups is 1. The van der Waals surface area contributed by atoms with Gasteiger partial charge in [-0.2, -0.15) is 0 Å². The van der Waals surface area contributed by atoms with Crippen LogP contribution >= 0.6 is 12.4 Å². The highest BCUT2D eigenvalue weighted by molar-refractivity contribution is 5.88. The summed E-state index contributed by atoms with van der Waals surface area (Å²) in [6.45, 7) is 12.9. The number of aromatic carboxylic acids is 1. The molecule has 0 amide bonds. The highest BCUT2D eigenvalue weighted by atomic mass is 35.5. The van der Waals surface area contributed by atoms with Gasteiger partial charge in [-0.3, -0.25) is 9.67 Å². The van der Waals surface area contributed by atoms with Crippen LogP contribution in [0.5, 0.6) is 5.88 Å². The van der Waals surface area contributed by atoms with Gasteiger partial charge in [-0.1, -0.05) is 50.6 Å². The van der Waals surface area contributed by atoms with Gasteiger partial charge >= 0.3 is 5.97 Å². The first kappa shape index (κ1) is 27.3. The maximum Gasteiger partial charge on any atom is 0.354 e. The second-order valence-corrected chi connectivity index (χ2v) is 9.78. The fourth-order valence-electron chi connectivity index (χ4n) is 4.14. The zero-order valence-corrected chi connectivity index (χ0v) is 21.8. The number of aromatic nitrogens is 3. The first-order chi connectivity index (χ1) is 15.4. The molecule has 3 aromatic rings. The third-order valence-corrected chi connectivity index (χ3v) is 5.73. The van der Waals surface area contributed by atoms with Crippen LogP contribution in [-0.4, -0.2) is 25.8 Å². The minimum atomic E-state index is -1.03. The van der Waals surface area contributed by atoms with E-state index in [4.69, 9.17) is 15.5 Å². The van der Waals surface area contributed by atoms with E-state index in [1.54, 1.807) is 14.0 Å². The van der Waals surface area contributed by atoms with Gasteiger partial charge in [0.1, 0.15) is 6.61 Å². The molecule has 3 rings (SSSR count). The summed E-state index contributed by atoms with van der Waals surface area (Å²) < 4.78 is 7.40. The molecule has 0 fully saturated rings. The van der Waals surface area contributed by atoms with Gasteiger partial charge < -0.3 is 15.6 Å². The minimum absolute atomic E-state index is 0. The van der Waals surface area contributed by atoms with E-state index in [2.05, 4.69) is 57.1 Å². The van der Waals surface area contributed by atoms with Crippen LogP contribution < -0.4 is 10.5 Å². The predicted octanol–water partition coefficient (Wildman–Crippen LogP) is 5.15. The molecule has 0 aliphatic heterocycles. The smallest absolute Gasteiger partial charge is 0.354 e. The Morgan fingerprint density at radius 3 is 2.24 bits per heavy atom. The zero-order chi connectivity index (χ0) is 24.5. The fourth-order valence-corrected chi connectivity index (χ4v) is 4.14. The molecule has 184 valence electrons. The van der Waals surface area contributed by atoms with Crippen molar-refractivity contribution in [1.29, 1.82) is 0 Å². The van der Waals surface area contributed by atoms with Crippen LogP contribution in [0, 0.1) is 26.2 Å². The van der Waals surface area contributed by atoms with Gasteiger partial charge in [0, 0.05) is 36.1 Å². The minimum Gasteiger partial charge on any atom is -0.477 e. The van der Waals surface area contributed by atoms with Crippen molar-refractivity contribution in [2.24, 2.45) is 18.2 Å². The molecule has 1 aromatic carbocycles. The van der Waals surface area contributed by atoms with Gasteiger partial charge in [-0.15, -0.1) is 17.5 Å². The van der Waals surface area contributed by atoms with Crippen molar-refractivity contribution in [3.05, 3.63) is 63.6 Å². The normalized spacial score (nSPS) is 11.3. The third kappa shape index (κ3) is 5.77. The number of ether oxygens (including phenoxy) is 1. The summed E-state index contributed by atoms with van der Waals surface area (Å²) in [7, 11) is 1.60. The lowest BCUT2D eigenvalue weighted by atomic mass is 9.85. The third-order valence-electron chi connectivity index (χ3n) is 5.73. The Morgan fingerprint density at radius 1 is 1.12 bits per heavy atom. The number of pyridine rings is 1. The molecular formula is C26H35ClN4O3. The largest absolute Gasteiger partial charge is 0.477 e. The van der Waals surface area contributed by atoms with Crippen LogP contribution in [0.3, 0.4) is 0 Å². The number of nitrogens with two attached hydrogens (primary N) is 1. The highest BCUT2D eigenvalue weighted by Crippen LogP contribution is 2.35. The summed E-state index contributed by atoms with van der Waals surface area (Å²) in [5.74, 6) is -0.732. The predicted molar refractivity (Wildman–Crippen MR) is 137 cm³/mol. The van der Waals surface area contributed by atoms with Crippen LogP contribution in [0.25, 0.3) is 11.1 Å². The van der Waals surface area contributed by atoms with E-state index in [0.717, 1.165) is 40.1 Å². The topological polar surface area (TPSA) is 103 Å². The Morgan fingerprint density at radius 2 is 1.74 bits per heavy atom. The molecule has 2 heterocycles. The van der Waals surface area contributed by atoms with Crippen molar-refractivity contribution in [2.75, 3.05) is 0 Å². The molecule has 2 aromatic heterocycles. The van der Waals surface area contributed by atoms with E-state index in [0.29, 0.717) is 18.0 Å². The number of rotatable bonds is 7. The molecule has 0 atom stereocenters. The summed E-state index contributed by atoms with van der Waals surface area (Å²) in [6, 6.07) is 8.37. The Bertz CT molecular complexity index is 1180. The van der Waals surface area contributed by atoms with E-state index in [-0.39, 0.29) is 30.1 Å². The number of aryl methyl sites for hydroxylation is 3. The summed E-state index contributed by atoms with van der Waals surface area (Å²) in [5.41, 5.74) is 14.0. The molecule has 0 spiro atoms. The quantitative estimate of drug-likeness (QED) is 0.478.